The van der Waals surface area contributed by atoms with Gasteiger partial charge in [-0.05, 0) is 38.3 Å². The zero-order chi connectivity index (χ0) is 13.7. The molecular formula is C15H26N2O. The van der Waals surface area contributed by atoms with Crippen LogP contribution in [0.3, 0.4) is 0 Å². The molecule has 0 radical (unpaired) electrons. The van der Waals surface area contributed by atoms with Crippen molar-refractivity contribution >= 4 is 5.69 Å². The largest absolute Gasteiger partial charge is 0.387 e. The van der Waals surface area contributed by atoms with Gasteiger partial charge in [-0.25, -0.2) is 0 Å². The van der Waals surface area contributed by atoms with Gasteiger partial charge in [0.15, 0.2) is 0 Å². The van der Waals surface area contributed by atoms with E-state index in [4.69, 9.17) is 0 Å². The van der Waals surface area contributed by atoms with Gasteiger partial charge in [0.25, 0.3) is 0 Å². The van der Waals surface area contributed by atoms with E-state index < -0.39 is 6.10 Å². The van der Waals surface area contributed by atoms with E-state index in [-0.39, 0.29) is 0 Å². The van der Waals surface area contributed by atoms with Crippen molar-refractivity contribution in [2.75, 3.05) is 11.4 Å². The number of nitrogens with zero attached hydrogens (tertiary/aromatic N) is 2. The fourth-order valence-electron chi connectivity index (χ4n) is 1.98. The van der Waals surface area contributed by atoms with Crippen molar-refractivity contribution in [3.05, 3.63) is 24.0 Å². The molecule has 1 aromatic heterocycles. The molecule has 3 heteroatoms. The standard InChI is InChI=1S/C15H26N2O/c1-6-15(18)14-8-7-13(9-16-14)17(12(4)5)10-11(2)3/h7-9,11-12,15,18H,6,10H2,1-5H3/t15-/m0/s1. The molecule has 0 aromatic carbocycles. The molecule has 1 heterocycles. The van der Waals surface area contributed by atoms with E-state index in [1.54, 1.807) is 0 Å². The Morgan fingerprint density at radius 2 is 1.89 bits per heavy atom. The summed E-state index contributed by atoms with van der Waals surface area (Å²) in [6.07, 6.45) is 2.12. The summed E-state index contributed by atoms with van der Waals surface area (Å²) in [5.41, 5.74) is 1.89. The third-order valence-corrected chi connectivity index (χ3v) is 3.02. The van der Waals surface area contributed by atoms with Crippen LogP contribution in [0.5, 0.6) is 0 Å². The van der Waals surface area contributed by atoms with Crippen LogP contribution in [-0.2, 0) is 0 Å². The molecule has 1 N–H and O–H groups in total. The van der Waals surface area contributed by atoms with Crippen molar-refractivity contribution in [3.63, 3.8) is 0 Å². The molecule has 0 amide bonds. The van der Waals surface area contributed by atoms with Gasteiger partial charge in [0.1, 0.15) is 0 Å². The topological polar surface area (TPSA) is 36.4 Å². The predicted molar refractivity (Wildman–Crippen MR) is 76.8 cm³/mol. The van der Waals surface area contributed by atoms with E-state index in [9.17, 15) is 5.11 Å². The van der Waals surface area contributed by atoms with Crippen molar-refractivity contribution in [2.45, 2.75) is 53.2 Å². The van der Waals surface area contributed by atoms with Gasteiger partial charge in [0.05, 0.1) is 23.7 Å². The van der Waals surface area contributed by atoms with E-state index in [0.29, 0.717) is 18.4 Å². The highest BCUT2D eigenvalue weighted by Gasteiger charge is 2.13. The minimum absolute atomic E-state index is 0.448. The van der Waals surface area contributed by atoms with Crippen LogP contribution in [0.1, 0.15) is 52.8 Å². The number of rotatable bonds is 6. The van der Waals surface area contributed by atoms with Gasteiger partial charge in [-0.3, -0.25) is 4.98 Å². The summed E-state index contributed by atoms with van der Waals surface area (Å²) < 4.78 is 0. The van der Waals surface area contributed by atoms with Crippen LogP contribution in [0.4, 0.5) is 5.69 Å². The summed E-state index contributed by atoms with van der Waals surface area (Å²) in [7, 11) is 0. The maximum atomic E-state index is 9.74. The quantitative estimate of drug-likeness (QED) is 0.840. The molecule has 3 nitrogen and oxygen atoms in total. The Morgan fingerprint density at radius 1 is 1.22 bits per heavy atom. The van der Waals surface area contributed by atoms with Gasteiger partial charge in [-0.15, -0.1) is 0 Å². The molecule has 0 aliphatic heterocycles. The summed E-state index contributed by atoms with van der Waals surface area (Å²) in [6.45, 7) is 11.8. The third-order valence-electron chi connectivity index (χ3n) is 3.02. The summed E-state index contributed by atoms with van der Waals surface area (Å²) >= 11 is 0. The Labute approximate surface area is 111 Å². The van der Waals surface area contributed by atoms with Crippen LogP contribution < -0.4 is 4.90 Å². The van der Waals surface area contributed by atoms with Gasteiger partial charge in [-0.2, -0.15) is 0 Å². The van der Waals surface area contributed by atoms with Crippen LogP contribution in [0.25, 0.3) is 0 Å². The summed E-state index contributed by atoms with van der Waals surface area (Å²) in [5.74, 6) is 0.619. The minimum atomic E-state index is -0.448. The van der Waals surface area contributed by atoms with Crippen LogP contribution in [0, 0.1) is 5.92 Å². The maximum Gasteiger partial charge on any atom is 0.0957 e. The van der Waals surface area contributed by atoms with Crippen LogP contribution >= 0.6 is 0 Å². The summed E-state index contributed by atoms with van der Waals surface area (Å²) in [4.78, 5) is 6.72. The molecule has 1 aromatic rings. The van der Waals surface area contributed by atoms with E-state index in [1.807, 2.05) is 19.2 Å². The van der Waals surface area contributed by atoms with Gasteiger partial charge >= 0.3 is 0 Å². The van der Waals surface area contributed by atoms with Crippen LogP contribution in [0.15, 0.2) is 18.3 Å². The fourth-order valence-corrected chi connectivity index (χ4v) is 1.98. The minimum Gasteiger partial charge on any atom is -0.387 e. The summed E-state index contributed by atoms with van der Waals surface area (Å²) in [6, 6.07) is 4.44. The Bertz CT molecular complexity index is 346. The molecule has 0 saturated heterocycles. The number of hydrogen-bond donors (Lipinski definition) is 1. The second-order valence-electron chi connectivity index (χ2n) is 5.51. The summed E-state index contributed by atoms with van der Waals surface area (Å²) in [5, 5.41) is 9.74. The SMILES string of the molecule is CC[C@H](O)c1ccc(N(CC(C)C)C(C)C)cn1. The number of anilines is 1. The van der Waals surface area contributed by atoms with E-state index in [1.165, 1.54) is 0 Å². The normalized spacial score (nSPS) is 13.1. The molecule has 102 valence electrons. The Hall–Kier alpha value is -1.09. The Balaban J connectivity index is 2.86. The Morgan fingerprint density at radius 3 is 2.28 bits per heavy atom. The Kier molecular flexibility index (Phi) is 5.60. The molecule has 0 spiro atoms. The van der Waals surface area contributed by atoms with E-state index in [2.05, 4.69) is 43.6 Å². The lowest BCUT2D eigenvalue weighted by molar-refractivity contribution is 0.169. The average Bonchev–Trinajstić information content (AvgIpc) is 2.34. The molecule has 0 fully saturated rings. The monoisotopic (exact) mass is 250 g/mol. The first-order chi connectivity index (χ1) is 8.45. The second kappa shape index (κ2) is 6.74. The van der Waals surface area contributed by atoms with Crippen molar-refractivity contribution in [3.8, 4) is 0 Å². The van der Waals surface area contributed by atoms with Gasteiger partial charge in [0, 0.05) is 12.6 Å². The fraction of sp³-hybridized carbons (Fsp3) is 0.667. The molecule has 18 heavy (non-hydrogen) atoms. The lowest BCUT2D eigenvalue weighted by Gasteiger charge is -2.30. The predicted octanol–water partition coefficient (Wildman–Crippen LogP) is 3.40. The first kappa shape index (κ1) is 15.0. The molecule has 1 rings (SSSR count). The molecule has 0 saturated carbocycles. The average molecular weight is 250 g/mol. The lowest BCUT2D eigenvalue weighted by Crippen LogP contribution is -2.34. The maximum absolute atomic E-state index is 9.74. The lowest BCUT2D eigenvalue weighted by atomic mass is 10.1. The third kappa shape index (κ3) is 3.98. The first-order valence-electron chi connectivity index (χ1n) is 6.86. The molecule has 0 aliphatic carbocycles. The molecular weight excluding hydrogens is 224 g/mol. The van der Waals surface area contributed by atoms with Gasteiger partial charge in [0.2, 0.25) is 0 Å². The van der Waals surface area contributed by atoms with E-state index >= 15 is 0 Å². The zero-order valence-corrected chi connectivity index (χ0v) is 12.2. The number of aromatic nitrogens is 1. The van der Waals surface area contributed by atoms with Crippen LogP contribution in [-0.4, -0.2) is 22.7 Å². The van der Waals surface area contributed by atoms with Crippen molar-refractivity contribution in [1.29, 1.82) is 0 Å². The second-order valence-corrected chi connectivity index (χ2v) is 5.51. The van der Waals surface area contributed by atoms with Crippen LogP contribution in [0.2, 0.25) is 0 Å². The highest BCUT2D eigenvalue weighted by atomic mass is 16.3. The number of aliphatic hydroxyl groups excluding tert-OH is 1. The molecule has 0 unspecified atom stereocenters. The van der Waals surface area contributed by atoms with Crippen molar-refractivity contribution in [2.24, 2.45) is 5.92 Å². The number of hydrogen-bond acceptors (Lipinski definition) is 3. The highest BCUT2D eigenvalue weighted by Crippen LogP contribution is 2.21. The highest BCUT2D eigenvalue weighted by molar-refractivity contribution is 5.45. The molecule has 1 atom stereocenters. The molecule has 0 bridgehead atoms. The zero-order valence-electron chi connectivity index (χ0n) is 12.2. The number of aliphatic hydroxyl groups is 1. The van der Waals surface area contributed by atoms with Gasteiger partial charge < -0.3 is 10.0 Å². The number of pyridine rings is 1. The van der Waals surface area contributed by atoms with Gasteiger partial charge in [-0.1, -0.05) is 20.8 Å². The first-order valence-corrected chi connectivity index (χ1v) is 6.86. The smallest absolute Gasteiger partial charge is 0.0957 e. The van der Waals surface area contributed by atoms with Crippen molar-refractivity contribution < 1.29 is 5.11 Å². The van der Waals surface area contributed by atoms with Crippen molar-refractivity contribution in [1.82, 2.24) is 4.98 Å². The van der Waals surface area contributed by atoms with E-state index in [0.717, 1.165) is 17.9 Å². The molecule has 0 aliphatic rings.